The Balaban J connectivity index is 2.06. The molecule has 118 valence electrons. The number of hydrogen-bond acceptors (Lipinski definition) is 4. The zero-order valence-electron chi connectivity index (χ0n) is 13.0. The number of carbonyl (C=O) groups excluding carboxylic acids is 1. The van der Waals surface area contributed by atoms with Crippen molar-refractivity contribution < 1.29 is 4.79 Å². The predicted molar refractivity (Wildman–Crippen MR) is 86.9 cm³/mol. The van der Waals surface area contributed by atoms with E-state index in [0.717, 1.165) is 25.0 Å². The highest BCUT2D eigenvalue weighted by molar-refractivity contribution is 5.91. The molecule has 0 spiro atoms. The van der Waals surface area contributed by atoms with Crippen LogP contribution < -0.4 is 10.9 Å². The fourth-order valence-electron chi connectivity index (χ4n) is 2.11. The monoisotopic (exact) mass is 310 g/mol. The maximum Gasteiger partial charge on any atom is 0.253 e. The normalized spacial score (nSPS) is 10.1. The summed E-state index contributed by atoms with van der Waals surface area (Å²) in [5, 5.41) is 11.6. The molecule has 0 aliphatic rings. The average Bonchev–Trinajstić information content (AvgIpc) is 2.55. The van der Waals surface area contributed by atoms with Gasteiger partial charge in [0.2, 0.25) is 5.91 Å². The first-order chi connectivity index (χ1) is 11.1. The van der Waals surface area contributed by atoms with E-state index in [2.05, 4.69) is 17.2 Å². The minimum Gasteiger partial charge on any atom is -0.323 e. The van der Waals surface area contributed by atoms with Crippen molar-refractivity contribution in [1.29, 1.82) is 5.26 Å². The van der Waals surface area contributed by atoms with Crippen LogP contribution >= 0.6 is 0 Å². The maximum absolute atomic E-state index is 12.1. The van der Waals surface area contributed by atoms with E-state index in [1.165, 1.54) is 17.0 Å². The Hall–Kier alpha value is -2.94. The number of anilines is 1. The van der Waals surface area contributed by atoms with Gasteiger partial charge >= 0.3 is 0 Å². The van der Waals surface area contributed by atoms with Crippen molar-refractivity contribution in [3.8, 4) is 6.07 Å². The highest BCUT2D eigenvalue weighted by atomic mass is 16.2. The van der Waals surface area contributed by atoms with Crippen molar-refractivity contribution in [1.82, 2.24) is 9.55 Å². The largest absolute Gasteiger partial charge is 0.323 e. The minimum absolute atomic E-state index is 0.139. The van der Waals surface area contributed by atoms with Gasteiger partial charge in [-0.25, -0.2) is 4.98 Å². The predicted octanol–water partition coefficient (Wildman–Crippen LogP) is 2.10. The molecule has 0 atom stereocenters. The lowest BCUT2D eigenvalue weighted by atomic mass is 10.2. The van der Waals surface area contributed by atoms with Gasteiger partial charge in [-0.1, -0.05) is 25.5 Å². The van der Waals surface area contributed by atoms with Crippen LogP contribution in [0, 0.1) is 11.3 Å². The zero-order chi connectivity index (χ0) is 16.7. The topological polar surface area (TPSA) is 87.8 Å². The number of rotatable bonds is 6. The van der Waals surface area contributed by atoms with Gasteiger partial charge in [-0.2, -0.15) is 5.26 Å². The average molecular weight is 310 g/mol. The van der Waals surface area contributed by atoms with Crippen molar-refractivity contribution in [2.24, 2.45) is 0 Å². The van der Waals surface area contributed by atoms with Gasteiger partial charge in [0.05, 0.1) is 17.6 Å². The van der Waals surface area contributed by atoms with Gasteiger partial charge in [-0.3, -0.25) is 14.2 Å². The molecule has 0 aliphatic heterocycles. The molecular formula is C17H18N4O2. The number of carbonyl (C=O) groups is 1. The van der Waals surface area contributed by atoms with E-state index in [9.17, 15) is 9.59 Å². The van der Waals surface area contributed by atoms with Crippen LogP contribution in [0.25, 0.3) is 0 Å². The fraction of sp³-hybridized carbons (Fsp3) is 0.294. The van der Waals surface area contributed by atoms with E-state index in [4.69, 9.17) is 5.26 Å². The molecule has 6 nitrogen and oxygen atoms in total. The van der Waals surface area contributed by atoms with Crippen molar-refractivity contribution in [3.05, 3.63) is 58.3 Å². The van der Waals surface area contributed by atoms with Crippen LogP contribution in [0.2, 0.25) is 0 Å². The SMILES string of the molecule is CCCCc1cc(=O)n(CC(=O)Nc2ccccc2C#N)cn1. The molecule has 23 heavy (non-hydrogen) atoms. The molecule has 2 aromatic rings. The third-order valence-corrected chi connectivity index (χ3v) is 3.36. The number of nitrogens with one attached hydrogen (secondary N) is 1. The van der Waals surface area contributed by atoms with Gasteiger partial charge in [-0.15, -0.1) is 0 Å². The number of amides is 1. The van der Waals surface area contributed by atoms with Crippen molar-refractivity contribution in [2.45, 2.75) is 32.7 Å². The molecule has 0 saturated carbocycles. The number of hydrogen-bond donors (Lipinski definition) is 1. The second-order valence-corrected chi connectivity index (χ2v) is 5.16. The van der Waals surface area contributed by atoms with Crippen LogP contribution in [0.1, 0.15) is 31.0 Å². The van der Waals surface area contributed by atoms with E-state index in [1.807, 2.05) is 6.07 Å². The van der Waals surface area contributed by atoms with Gasteiger partial charge in [0.25, 0.3) is 5.56 Å². The summed E-state index contributed by atoms with van der Waals surface area (Å²) in [7, 11) is 0. The summed E-state index contributed by atoms with van der Waals surface area (Å²) in [4.78, 5) is 28.3. The van der Waals surface area contributed by atoms with E-state index in [0.29, 0.717) is 11.3 Å². The van der Waals surface area contributed by atoms with Gasteiger partial charge in [0, 0.05) is 11.8 Å². The number of aryl methyl sites for hydroxylation is 1. The molecule has 0 bridgehead atoms. The first kappa shape index (κ1) is 16.4. The molecule has 0 aliphatic carbocycles. The number of nitrogens with zero attached hydrogens (tertiary/aromatic N) is 3. The molecule has 0 fully saturated rings. The molecule has 1 aromatic heterocycles. The smallest absolute Gasteiger partial charge is 0.253 e. The lowest BCUT2D eigenvalue weighted by Crippen LogP contribution is -2.28. The summed E-state index contributed by atoms with van der Waals surface area (Å²) in [5.74, 6) is -0.377. The van der Waals surface area contributed by atoms with Crippen molar-refractivity contribution >= 4 is 11.6 Å². The Morgan fingerprint density at radius 1 is 1.39 bits per heavy atom. The highest BCUT2D eigenvalue weighted by Crippen LogP contribution is 2.13. The Bertz CT molecular complexity index is 790. The number of unbranched alkanes of at least 4 members (excludes halogenated alkanes) is 1. The summed E-state index contributed by atoms with van der Waals surface area (Å²) in [5.41, 5.74) is 1.29. The number of benzene rings is 1. The second kappa shape index (κ2) is 7.90. The summed E-state index contributed by atoms with van der Waals surface area (Å²) >= 11 is 0. The van der Waals surface area contributed by atoms with Crippen molar-refractivity contribution in [3.63, 3.8) is 0 Å². The third-order valence-electron chi connectivity index (χ3n) is 3.36. The Kier molecular flexibility index (Phi) is 5.64. The Labute approximate surface area is 134 Å². The summed E-state index contributed by atoms with van der Waals surface area (Å²) in [6, 6.07) is 10.2. The molecule has 0 unspecified atom stereocenters. The lowest BCUT2D eigenvalue weighted by Gasteiger charge is -2.08. The van der Waals surface area contributed by atoms with Crippen molar-refractivity contribution in [2.75, 3.05) is 5.32 Å². The molecule has 2 rings (SSSR count). The maximum atomic E-state index is 12.1. The van der Waals surface area contributed by atoms with Crippen LogP contribution in [-0.2, 0) is 17.8 Å². The quantitative estimate of drug-likeness (QED) is 0.885. The summed E-state index contributed by atoms with van der Waals surface area (Å²) in [6.07, 6.45) is 4.16. The van der Waals surface area contributed by atoms with E-state index in [-0.39, 0.29) is 18.0 Å². The Morgan fingerprint density at radius 3 is 2.87 bits per heavy atom. The zero-order valence-corrected chi connectivity index (χ0v) is 13.0. The molecule has 0 saturated heterocycles. The molecule has 1 amide bonds. The van der Waals surface area contributed by atoms with Crippen LogP contribution in [0.15, 0.2) is 41.5 Å². The van der Waals surface area contributed by atoms with Gasteiger partial charge in [0.1, 0.15) is 12.6 Å². The first-order valence-corrected chi connectivity index (χ1v) is 7.48. The molecule has 0 radical (unpaired) electrons. The van der Waals surface area contributed by atoms with E-state index in [1.54, 1.807) is 24.3 Å². The molecule has 1 N–H and O–H groups in total. The molecular weight excluding hydrogens is 292 g/mol. The van der Waals surface area contributed by atoms with Gasteiger partial charge in [0.15, 0.2) is 0 Å². The summed E-state index contributed by atoms with van der Waals surface area (Å²) < 4.78 is 1.25. The van der Waals surface area contributed by atoms with E-state index >= 15 is 0 Å². The third kappa shape index (κ3) is 4.51. The molecule has 1 aromatic carbocycles. The second-order valence-electron chi connectivity index (χ2n) is 5.16. The van der Waals surface area contributed by atoms with Crippen LogP contribution in [0.3, 0.4) is 0 Å². The van der Waals surface area contributed by atoms with Gasteiger partial charge in [-0.05, 0) is 25.0 Å². The van der Waals surface area contributed by atoms with Crippen LogP contribution in [-0.4, -0.2) is 15.5 Å². The molecule has 1 heterocycles. The highest BCUT2D eigenvalue weighted by Gasteiger charge is 2.08. The van der Waals surface area contributed by atoms with Crippen LogP contribution in [0.5, 0.6) is 0 Å². The van der Waals surface area contributed by atoms with Crippen LogP contribution in [0.4, 0.5) is 5.69 Å². The Morgan fingerprint density at radius 2 is 2.17 bits per heavy atom. The first-order valence-electron chi connectivity index (χ1n) is 7.48. The minimum atomic E-state index is -0.377. The van der Waals surface area contributed by atoms with Gasteiger partial charge < -0.3 is 5.32 Å². The number of para-hydroxylation sites is 1. The fourth-order valence-corrected chi connectivity index (χ4v) is 2.11. The number of aromatic nitrogens is 2. The van der Waals surface area contributed by atoms with E-state index < -0.39 is 0 Å². The lowest BCUT2D eigenvalue weighted by molar-refractivity contribution is -0.116. The standard InChI is InChI=1S/C17H18N4O2/c1-2-3-7-14-9-17(23)21(12-19-14)11-16(22)20-15-8-5-4-6-13(15)10-18/h4-6,8-9,12H,2-3,7,11H2,1H3,(H,20,22). The summed E-state index contributed by atoms with van der Waals surface area (Å²) in [6.45, 7) is 1.93. The molecule has 6 heteroatoms. The number of nitriles is 1.